The van der Waals surface area contributed by atoms with Gasteiger partial charge in [-0.05, 0) is 86.5 Å². The molecule has 0 unspecified atom stereocenters. The lowest BCUT2D eigenvalue weighted by atomic mass is 10.1. The molecule has 1 heterocycles. The van der Waals surface area contributed by atoms with Gasteiger partial charge in [0.25, 0.3) is 11.8 Å². The van der Waals surface area contributed by atoms with Crippen LogP contribution in [0.2, 0.25) is 0 Å². The smallest absolute Gasteiger partial charge is 0.264 e. The van der Waals surface area contributed by atoms with E-state index in [1.54, 1.807) is 18.2 Å². The minimum atomic E-state index is -0.266. The maximum Gasteiger partial charge on any atom is 0.264 e. The van der Waals surface area contributed by atoms with Crippen molar-refractivity contribution in [2.24, 2.45) is 4.99 Å². The summed E-state index contributed by atoms with van der Waals surface area (Å²) >= 11 is 1.29. The minimum Gasteiger partial charge on any atom is -0.490 e. The summed E-state index contributed by atoms with van der Waals surface area (Å²) in [5, 5.41) is 6.21. The number of nitrogens with zero attached hydrogens (tertiary/aromatic N) is 1. The third kappa shape index (κ3) is 6.80. The van der Waals surface area contributed by atoms with Crippen molar-refractivity contribution in [1.29, 1.82) is 0 Å². The predicted molar refractivity (Wildman–Crippen MR) is 150 cm³/mol. The van der Waals surface area contributed by atoms with Crippen molar-refractivity contribution < 1.29 is 19.1 Å². The SMILES string of the molecule is CCOc1cc(/C=C2/SC(=Nc3ccc(C)cc3C)NC2=O)ccc1OCC(=O)Nc1ccccc1C. The van der Waals surface area contributed by atoms with Gasteiger partial charge >= 0.3 is 0 Å². The Morgan fingerprint density at radius 3 is 2.57 bits per heavy atom. The van der Waals surface area contributed by atoms with Gasteiger partial charge in [0, 0.05) is 5.69 Å². The molecule has 1 fully saturated rings. The van der Waals surface area contributed by atoms with Gasteiger partial charge in [0.1, 0.15) is 0 Å². The van der Waals surface area contributed by atoms with E-state index in [0.717, 1.165) is 33.6 Å². The number of amides is 2. The zero-order valence-electron chi connectivity index (χ0n) is 21.3. The number of amidine groups is 1. The first kappa shape index (κ1) is 26.0. The quantitative estimate of drug-likeness (QED) is 0.364. The molecule has 0 saturated carbocycles. The molecule has 8 heteroatoms. The summed E-state index contributed by atoms with van der Waals surface area (Å²) in [6.45, 7) is 8.09. The number of aryl methyl sites for hydroxylation is 3. The number of anilines is 1. The van der Waals surface area contributed by atoms with E-state index < -0.39 is 0 Å². The van der Waals surface area contributed by atoms with Crippen molar-refractivity contribution in [3.63, 3.8) is 0 Å². The van der Waals surface area contributed by atoms with Crippen molar-refractivity contribution in [1.82, 2.24) is 5.32 Å². The maximum atomic E-state index is 12.6. The molecule has 3 aromatic carbocycles. The molecule has 2 amide bonds. The Morgan fingerprint density at radius 1 is 1.00 bits per heavy atom. The van der Waals surface area contributed by atoms with Crippen LogP contribution in [0.5, 0.6) is 11.5 Å². The third-order valence-corrected chi connectivity index (χ3v) is 6.48. The summed E-state index contributed by atoms with van der Waals surface area (Å²) in [7, 11) is 0. The van der Waals surface area contributed by atoms with Crippen LogP contribution >= 0.6 is 11.8 Å². The van der Waals surface area contributed by atoms with E-state index in [9.17, 15) is 9.59 Å². The van der Waals surface area contributed by atoms with Gasteiger partial charge in [-0.1, -0.05) is 42.0 Å². The van der Waals surface area contributed by atoms with E-state index in [4.69, 9.17) is 9.47 Å². The molecule has 3 aromatic rings. The van der Waals surface area contributed by atoms with Crippen LogP contribution in [0.1, 0.15) is 29.2 Å². The number of thioether (sulfide) groups is 1. The Morgan fingerprint density at radius 2 is 1.81 bits per heavy atom. The van der Waals surface area contributed by atoms with Crippen LogP contribution in [0, 0.1) is 20.8 Å². The lowest BCUT2D eigenvalue weighted by Gasteiger charge is -2.13. The monoisotopic (exact) mass is 515 g/mol. The second kappa shape index (κ2) is 11.8. The van der Waals surface area contributed by atoms with Crippen LogP contribution in [0.25, 0.3) is 6.08 Å². The Bertz CT molecular complexity index is 1400. The van der Waals surface area contributed by atoms with Crippen molar-refractivity contribution in [3.05, 3.63) is 87.8 Å². The summed E-state index contributed by atoms with van der Waals surface area (Å²) < 4.78 is 11.5. The fraction of sp³-hybridized carbons (Fsp3) is 0.207. The molecule has 1 aliphatic heterocycles. The van der Waals surface area contributed by atoms with Crippen LogP contribution < -0.4 is 20.1 Å². The second-order valence-corrected chi connectivity index (χ2v) is 9.59. The molecule has 0 bridgehead atoms. The lowest BCUT2D eigenvalue weighted by molar-refractivity contribution is -0.118. The summed E-state index contributed by atoms with van der Waals surface area (Å²) in [6, 6.07) is 18.9. The summed E-state index contributed by atoms with van der Waals surface area (Å²) in [5.74, 6) is 0.468. The number of para-hydroxylation sites is 1. The van der Waals surface area contributed by atoms with Crippen molar-refractivity contribution >= 4 is 46.2 Å². The largest absolute Gasteiger partial charge is 0.490 e. The average molecular weight is 516 g/mol. The Labute approximate surface area is 221 Å². The molecule has 2 N–H and O–H groups in total. The second-order valence-electron chi connectivity index (χ2n) is 8.56. The Hall–Kier alpha value is -4.04. The van der Waals surface area contributed by atoms with Crippen LogP contribution in [-0.2, 0) is 9.59 Å². The Kier molecular flexibility index (Phi) is 8.30. The molecule has 0 spiro atoms. The topological polar surface area (TPSA) is 89.0 Å². The minimum absolute atomic E-state index is 0.161. The standard InChI is InChI=1S/C29H29N3O4S/c1-5-35-25-15-21(11-13-24(25)36-17-27(33)30-22-9-7-6-8-19(22)3)16-26-28(34)32-29(37-26)31-23-12-10-18(2)14-20(23)4/h6-16H,5,17H2,1-4H3,(H,30,33)(H,31,32,34)/b26-16+. The molecule has 1 saturated heterocycles. The molecule has 37 heavy (non-hydrogen) atoms. The highest BCUT2D eigenvalue weighted by atomic mass is 32.2. The number of hydrogen-bond donors (Lipinski definition) is 2. The normalized spacial score (nSPS) is 15.1. The van der Waals surface area contributed by atoms with Crippen LogP contribution in [0.15, 0.2) is 70.6 Å². The number of ether oxygens (including phenoxy) is 2. The van der Waals surface area contributed by atoms with Crippen molar-refractivity contribution in [2.75, 3.05) is 18.5 Å². The van der Waals surface area contributed by atoms with Gasteiger partial charge in [0.2, 0.25) is 0 Å². The molecule has 7 nitrogen and oxygen atoms in total. The van der Waals surface area contributed by atoms with Gasteiger partial charge in [-0.25, -0.2) is 4.99 Å². The van der Waals surface area contributed by atoms with E-state index in [0.29, 0.717) is 28.2 Å². The highest BCUT2D eigenvalue weighted by Crippen LogP contribution is 2.33. The fourth-order valence-electron chi connectivity index (χ4n) is 3.72. The van der Waals surface area contributed by atoms with Crippen LogP contribution in [-0.4, -0.2) is 30.2 Å². The summed E-state index contributed by atoms with van der Waals surface area (Å²) in [4.78, 5) is 30.1. The van der Waals surface area contributed by atoms with Crippen molar-refractivity contribution in [3.8, 4) is 11.5 Å². The van der Waals surface area contributed by atoms with E-state index >= 15 is 0 Å². The summed E-state index contributed by atoms with van der Waals surface area (Å²) in [5.41, 5.74) is 5.51. The van der Waals surface area contributed by atoms with Crippen LogP contribution in [0.3, 0.4) is 0 Å². The molecule has 0 radical (unpaired) electrons. The molecule has 0 aromatic heterocycles. The van der Waals surface area contributed by atoms with E-state index in [2.05, 4.69) is 21.7 Å². The molecule has 0 aliphatic carbocycles. The molecule has 190 valence electrons. The molecule has 1 aliphatic rings. The number of benzene rings is 3. The predicted octanol–water partition coefficient (Wildman–Crippen LogP) is 5.92. The lowest BCUT2D eigenvalue weighted by Crippen LogP contribution is -2.20. The van der Waals surface area contributed by atoms with Gasteiger partial charge in [-0.3, -0.25) is 9.59 Å². The highest BCUT2D eigenvalue weighted by Gasteiger charge is 2.24. The number of hydrogen-bond acceptors (Lipinski definition) is 6. The highest BCUT2D eigenvalue weighted by molar-refractivity contribution is 8.18. The van der Waals surface area contributed by atoms with Gasteiger partial charge < -0.3 is 20.1 Å². The molecule has 4 rings (SSSR count). The number of rotatable bonds is 8. The number of nitrogens with one attached hydrogen (secondary N) is 2. The third-order valence-electron chi connectivity index (χ3n) is 5.57. The first-order valence-corrected chi connectivity index (χ1v) is 12.8. The maximum absolute atomic E-state index is 12.6. The van der Waals surface area contributed by atoms with Gasteiger partial charge in [-0.2, -0.15) is 0 Å². The van der Waals surface area contributed by atoms with Crippen LogP contribution in [0.4, 0.5) is 11.4 Å². The van der Waals surface area contributed by atoms with E-state index in [-0.39, 0.29) is 18.4 Å². The fourth-order valence-corrected chi connectivity index (χ4v) is 4.55. The molecule has 0 atom stereocenters. The Balaban J connectivity index is 1.46. The first-order valence-electron chi connectivity index (χ1n) is 11.9. The zero-order valence-corrected chi connectivity index (χ0v) is 22.1. The zero-order chi connectivity index (χ0) is 26.4. The molecular weight excluding hydrogens is 486 g/mol. The van der Waals surface area contributed by atoms with Crippen molar-refractivity contribution in [2.45, 2.75) is 27.7 Å². The summed E-state index contributed by atoms with van der Waals surface area (Å²) in [6.07, 6.45) is 1.78. The van der Waals surface area contributed by atoms with E-state index in [1.807, 2.05) is 70.2 Å². The van der Waals surface area contributed by atoms with Gasteiger partial charge in [0.05, 0.1) is 17.2 Å². The van der Waals surface area contributed by atoms with E-state index in [1.165, 1.54) is 11.8 Å². The van der Waals surface area contributed by atoms with Gasteiger partial charge in [0.15, 0.2) is 23.3 Å². The number of carbonyl (C=O) groups is 2. The number of carbonyl (C=O) groups excluding carboxylic acids is 2. The van der Waals surface area contributed by atoms with Gasteiger partial charge in [-0.15, -0.1) is 0 Å². The average Bonchev–Trinajstić information content (AvgIpc) is 3.20. The number of aliphatic imine (C=N–C) groups is 1. The first-order chi connectivity index (χ1) is 17.8. The molecular formula is C29H29N3O4S.